The van der Waals surface area contributed by atoms with E-state index in [9.17, 15) is 4.79 Å². The first-order valence-corrected chi connectivity index (χ1v) is 6.34. The average molecular weight is 295 g/mol. The zero-order chi connectivity index (χ0) is 16.0. The van der Waals surface area contributed by atoms with Crippen molar-refractivity contribution >= 4 is 11.7 Å². The van der Waals surface area contributed by atoms with Crippen LogP contribution < -0.4 is 20.5 Å². The Hall–Kier alpha value is -2.44. The molecule has 0 bridgehead atoms. The van der Waals surface area contributed by atoms with Gasteiger partial charge in [-0.3, -0.25) is 4.79 Å². The number of nitrogens with one attached hydrogen (secondary N) is 1. The van der Waals surface area contributed by atoms with E-state index in [1.165, 1.54) is 14.2 Å². The van der Waals surface area contributed by atoms with Crippen molar-refractivity contribution in [2.24, 2.45) is 16.3 Å². The van der Waals surface area contributed by atoms with Gasteiger partial charge in [0, 0.05) is 17.5 Å². The zero-order valence-corrected chi connectivity index (χ0v) is 12.6. The number of hydrogen-bond acceptors (Lipinski definition) is 5. The second-order valence-corrected chi connectivity index (χ2v) is 5.12. The van der Waals surface area contributed by atoms with Crippen LogP contribution in [0.25, 0.3) is 0 Å². The van der Waals surface area contributed by atoms with Crippen LogP contribution in [0.1, 0.15) is 24.2 Å². The van der Waals surface area contributed by atoms with E-state index in [2.05, 4.69) is 10.5 Å². The lowest BCUT2D eigenvalue weighted by Crippen LogP contribution is -2.42. The summed E-state index contributed by atoms with van der Waals surface area (Å²) in [6, 6.07) is 4.88. The van der Waals surface area contributed by atoms with Gasteiger partial charge in [0.1, 0.15) is 5.84 Å². The molecule has 0 aliphatic heterocycles. The van der Waals surface area contributed by atoms with Crippen LogP contribution in [-0.4, -0.2) is 37.7 Å². The molecule has 0 heterocycles. The molecule has 21 heavy (non-hydrogen) atoms. The molecule has 7 heteroatoms. The molecule has 1 aromatic rings. The molecule has 0 aromatic heterocycles. The van der Waals surface area contributed by atoms with Crippen LogP contribution in [0, 0.1) is 5.41 Å². The van der Waals surface area contributed by atoms with E-state index in [0.29, 0.717) is 17.1 Å². The highest BCUT2D eigenvalue weighted by molar-refractivity contribution is 5.95. The van der Waals surface area contributed by atoms with Crippen LogP contribution in [0.15, 0.2) is 23.4 Å². The number of amidine groups is 1. The number of nitrogens with zero attached hydrogens (tertiary/aromatic N) is 1. The fraction of sp³-hybridized carbons (Fsp3) is 0.429. The van der Waals surface area contributed by atoms with E-state index >= 15 is 0 Å². The first kappa shape index (κ1) is 16.6. The van der Waals surface area contributed by atoms with Crippen molar-refractivity contribution in [1.82, 2.24) is 5.32 Å². The van der Waals surface area contributed by atoms with Gasteiger partial charge in [-0.15, -0.1) is 0 Å². The summed E-state index contributed by atoms with van der Waals surface area (Å²) in [5, 5.41) is 14.4. The lowest BCUT2D eigenvalue weighted by molar-refractivity contribution is 0.0944. The van der Waals surface area contributed by atoms with Crippen LogP contribution >= 0.6 is 0 Å². The molecule has 7 nitrogen and oxygen atoms in total. The maximum atomic E-state index is 12.1. The van der Waals surface area contributed by atoms with E-state index in [0.717, 1.165) is 0 Å². The van der Waals surface area contributed by atoms with Crippen LogP contribution in [0.3, 0.4) is 0 Å². The summed E-state index contributed by atoms with van der Waals surface area (Å²) in [5.41, 5.74) is 5.35. The predicted octanol–water partition coefficient (Wildman–Crippen LogP) is 1.21. The van der Waals surface area contributed by atoms with Crippen LogP contribution in [0.4, 0.5) is 0 Å². The largest absolute Gasteiger partial charge is 0.493 e. The van der Waals surface area contributed by atoms with Gasteiger partial charge >= 0.3 is 0 Å². The maximum absolute atomic E-state index is 12.1. The molecule has 0 atom stereocenters. The highest BCUT2D eigenvalue weighted by atomic mass is 16.5. The Morgan fingerprint density at radius 3 is 2.48 bits per heavy atom. The van der Waals surface area contributed by atoms with E-state index in [-0.39, 0.29) is 18.3 Å². The predicted molar refractivity (Wildman–Crippen MR) is 79.1 cm³/mol. The normalized spacial score (nSPS) is 11.9. The molecule has 0 saturated carbocycles. The minimum absolute atomic E-state index is 0.0510. The Balaban J connectivity index is 2.81. The molecule has 0 fully saturated rings. The van der Waals surface area contributed by atoms with Crippen molar-refractivity contribution in [3.63, 3.8) is 0 Å². The summed E-state index contributed by atoms with van der Waals surface area (Å²) in [4.78, 5) is 12.1. The first-order chi connectivity index (χ1) is 9.85. The number of benzene rings is 1. The second-order valence-electron chi connectivity index (χ2n) is 5.12. The Labute approximate surface area is 123 Å². The molecule has 1 aromatic carbocycles. The van der Waals surface area contributed by atoms with Crippen molar-refractivity contribution in [3.8, 4) is 11.5 Å². The molecule has 0 radical (unpaired) electrons. The third-order valence-corrected chi connectivity index (χ3v) is 3.14. The fourth-order valence-electron chi connectivity index (χ4n) is 1.61. The Morgan fingerprint density at radius 2 is 1.95 bits per heavy atom. The molecule has 0 spiro atoms. The number of ether oxygens (including phenoxy) is 2. The number of rotatable bonds is 6. The van der Waals surface area contributed by atoms with Crippen LogP contribution in [0.2, 0.25) is 0 Å². The lowest BCUT2D eigenvalue weighted by atomic mass is 9.92. The first-order valence-electron chi connectivity index (χ1n) is 6.34. The average Bonchev–Trinajstić information content (AvgIpc) is 2.50. The molecular weight excluding hydrogens is 274 g/mol. The summed E-state index contributed by atoms with van der Waals surface area (Å²) >= 11 is 0. The smallest absolute Gasteiger partial charge is 0.251 e. The van der Waals surface area contributed by atoms with E-state index in [1.807, 2.05) is 0 Å². The monoisotopic (exact) mass is 295 g/mol. The summed E-state index contributed by atoms with van der Waals surface area (Å²) in [6.45, 7) is 3.75. The van der Waals surface area contributed by atoms with Crippen LogP contribution in [-0.2, 0) is 0 Å². The zero-order valence-electron chi connectivity index (χ0n) is 12.6. The van der Waals surface area contributed by atoms with E-state index in [4.69, 9.17) is 20.4 Å². The molecule has 0 saturated heterocycles. The van der Waals surface area contributed by atoms with Gasteiger partial charge in [0.05, 0.1) is 14.2 Å². The Kier molecular flexibility index (Phi) is 5.40. The van der Waals surface area contributed by atoms with Gasteiger partial charge < -0.3 is 25.7 Å². The molecule has 0 aliphatic rings. The van der Waals surface area contributed by atoms with Gasteiger partial charge in [0.15, 0.2) is 11.5 Å². The molecule has 1 amide bonds. The molecular formula is C14H21N3O4. The summed E-state index contributed by atoms with van der Waals surface area (Å²) in [5.74, 6) is 0.789. The second kappa shape index (κ2) is 6.83. The van der Waals surface area contributed by atoms with Gasteiger partial charge in [-0.25, -0.2) is 0 Å². The molecule has 0 unspecified atom stereocenters. The number of methoxy groups -OCH3 is 2. The van der Waals surface area contributed by atoms with Gasteiger partial charge in [0.25, 0.3) is 5.91 Å². The lowest BCUT2D eigenvalue weighted by Gasteiger charge is -2.23. The third kappa shape index (κ3) is 4.01. The van der Waals surface area contributed by atoms with Gasteiger partial charge in [0.2, 0.25) is 0 Å². The van der Waals surface area contributed by atoms with Crippen molar-refractivity contribution in [3.05, 3.63) is 23.8 Å². The minimum Gasteiger partial charge on any atom is -0.493 e. The number of nitrogens with two attached hydrogens (primary N) is 1. The van der Waals surface area contributed by atoms with Crippen molar-refractivity contribution in [2.45, 2.75) is 13.8 Å². The minimum atomic E-state index is -0.652. The van der Waals surface area contributed by atoms with Crippen molar-refractivity contribution in [1.29, 1.82) is 0 Å². The molecule has 116 valence electrons. The van der Waals surface area contributed by atoms with Gasteiger partial charge in [-0.05, 0) is 18.2 Å². The third-order valence-electron chi connectivity index (χ3n) is 3.14. The summed E-state index contributed by atoms with van der Waals surface area (Å²) in [6.07, 6.45) is 0. The number of hydrogen-bond donors (Lipinski definition) is 3. The van der Waals surface area contributed by atoms with Crippen molar-refractivity contribution in [2.75, 3.05) is 20.8 Å². The van der Waals surface area contributed by atoms with Crippen molar-refractivity contribution < 1.29 is 19.5 Å². The number of carbonyl (C=O) groups excluding carboxylic acids is 1. The topological polar surface area (TPSA) is 106 Å². The SMILES string of the molecule is COc1ccc(C(=O)NCC(C)(C)/C(N)=N/O)cc1OC. The number of oxime groups is 1. The van der Waals surface area contributed by atoms with Gasteiger partial charge in [-0.2, -0.15) is 0 Å². The highest BCUT2D eigenvalue weighted by Crippen LogP contribution is 2.27. The Bertz CT molecular complexity index is 541. The quantitative estimate of drug-likeness (QED) is 0.316. The summed E-state index contributed by atoms with van der Waals surface area (Å²) < 4.78 is 10.3. The van der Waals surface area contributed by atoms with E-state index in [1.54, 1.807) is 32.0 Å². The van der Waals surface area contributed by atoms with E-state index < -0.39 is 5.41 Å². The maximum Gasteiger partial charge on any atom is 0.251 e. The fourth-order valence-corrected chi connectivity index (χ4v) is 1.61. The number of amides is 1. The molecule has 0 aliphatic carbocycles. The summed E-state index contributed by atoms with van der Waals surface area (Å²) in [7, 11) is 3.03. The van der Waals surface area contributed by atoms with Gasteiger partial charge in [-0.1, -0.05) is 19.0 Å². The van der Waals surface area contributed by atoms with Crippen LogP contribution in [0.5, 0.6) is 11.5 Å². The molecule has 1 rings (SSSR count). The number of carbonyl (C=O) groups is 1. The molecule has 4 N–H and O–H groups in total. The standard InChI is InChI=1S/C14H21N3O4/c1-14(2,13(15)17-19)8-16-12(18)9-5-6-10(20-3)11(7-9)21-4/h5-7,19H,8H2,1-4H3,(H2,15,17)(H,16,18). The Morgan fingerprint density at radius 1 is 1.33 bits per heavy atom. The highest BCUT2D eigenvalue weighted by Gasteiger charge is 2.24.